The van der Waals surface area contributed by atoms with Crippen LogP contribution in [0.25, 0.3) is 10.9 Å². The Hall–Kier alpha value is -3.29. The van der Waals surface area contributed by atoms with E-state index in [0.29, 0.717) is 17.3 Å². The number of anilines is 2. The van der Waals surface area contributed by atoms with E-state index >= 15 is 0 Å². The third-order valence-electron chi connectivity index (χ3n) is 5.89. The Morgan fingerprint density at radius 2 is 1.97 bits per heavy atom. The Morgan fingerprint density at radius 3 is 2.76 bits per heavy atom. The van der Waals surface area contributed by atoms with E-state index in [2.05, 4.69) is 17.1 Å². The smallest absolute Gasteiger partial charge is 0.416 e. The number of carbonyl (C=O) groups excluding carboxylic acids is 1. The Kier molecular flexibility index (Phi) is 6.72. The second-order valence-electron chi connectivity index (χ2n) is 8.16. The second-order valence-corrected chi connectivity index (χ2v) is 8.16. The van der Waals surface area contributed by atoms with E-state index in [9.17, 15) is 18.0 Å². The number of aromatic nitrogens is 1. The van der Waals surface area contributed by atoms with Gasteiger partial charge >= 0.3 is 6.18 Å². The Bertz CT molecular complexity index is 1130. The van der Waals surface area contributed by atoms with Crippen LogP contribution < -0.4 is 15.0 Å². The highest BCUT2D eigenvalue weighted by molar-refractivity contribution is 5.92. The maximum atomic E-state index is 12.9. The number of nitrogens with one attached hydrogen (secondary N) is 1. The van der Waals surface area contributed by atoms with Crippen molar-refractivity contribution in [1.29, 1.82) is 0 Å². The van der Waals surface area contributed by atoms with E-state index < -0.39 is 17.6 Å². The van der Waals surface area contributed by atoms with E-state index in [0.717, 1.165) is 49.1 Å². The molecule has 4 rings (SSSR count). The number of alkyl halides is 3. The van der Waals surface area contributed by atoms with Gasteiger partial charge in [-0.2, -0.15) is 13.2 Å². The lowest BCUT2D eigenvalue weighted by atomic mass is 10.00. The monoisotopic (exact) mass is 457 g/mol. The number of ether oxygens (including phenoxy) is 1. The largest absolute Gasteiger partial charge is 0.481 e. The first kappa shape index (κ1) is 22.9. The molecule has 1 unspecified atom stereocenters. The van der Waals surface area contributed by atoms with E-state index in [4.69, 9.17) is 9.72 Å². The molecular formula is C25H26F3N3O2. The molecule has 8 heteroatoms. The minimum absolute atomic E-state index is 0.0625. The van der Waals surface area contributed by atoms with Crippen LogP contribution in [0, 0.1) is 0 Å². The predicted molar refractivity (Wildman–Crippen MR) is 123 cm³/mol. The molecule has 1 saturated heterocycles. The molecule has 2 heterocycles. The zero-order chi connectivity index (χ0) is 23.4. The van der Waals surface area contributed by atoms with Gasteiger partial charge in [0.15, 0.2) is 6.61 Å². The number of halogens is 3. The normalized spacial score (nSPS) is 16.6. The fourth-order valence-electron chi connectivity index (χ4n) is 4.23. The summed E-state index contributed by atoms with van der Waals surface area (Å²) in [4.78, 5) is 19.5. The number of rotatable bonds is 6. The van der Waals surface area contributed by atoms with Gasteiger partial charge in [-0.05, 0) is 62.1 Å². The van der Waals surface area contributed by atoms with Gasteiger partial charge in [-0.1, -0.05) is 25.1 Å². The molecule has 0 radical (unpaired) electrons. The molecule has 0 bridgehead atoms. The molecule has 0 saturated carbocycles. The van der Waals surface area contributed by atoms with Crippen LogP contribution in [0.2, 0.25) is 0 Å². The lowest BCUT2D eigenvalue weighted by Crippen LogP contribution is -2.39. The summed E-state index contributed by atoms with van der Waals surface area (Å²) < 4.78 is 44.4. The van der Waals surface area contributed by atoms with Gasteiger partial charge in [0.1, 0.15) is 17.1 Å². The number of piperidine rings is 1. The zero-order valence-corrected chi connectivity index (χ0v) is 18.4. The van der Waals surface area contributed by atoms with Crippen LogP contribution in [0.4, 0.5) is 24.7 Å². The first-order valence-electron chi connectivity index (χ1n) is 11.1. The third kappa shape index (κ3) is 5.38. The lowest BCUT2D eigenvalue weighted by molar-refractivity contribution is -0.137. The lowest BCUT2D eigenvalue weighted by Gasteiger charge is -2.36. The van der Waals surface area contributed by atoms with E-state index in [1.807, 2.05) is 24.3 Å². The molecule has 33 heavy (non-hydrogen) atoms. The second kappa shape index (κ2) is 9.68. The molecule has 1 amide bonds. The van der Waals surface area contributed by atoms with Crippen molar-refractivity contribution in [3.05, 3.63) is 60.2 Å². The molecule has 1 aliphatic rings. The Labute approximate surface area is 190 Å². The van der Waals surface area contributed by atoms with Gasteiger partial charge in [0, 0.05) is 23.7 Å². The average molecular weight is 457 g/mol. The van der Waals surface area contributed by atoms with Gasteiger partial charge in [-0.25, -0.2) is 4.98 Å². The number of nitrogens with zero attached hydrogens (tertiary/aromatic N) is 2. The van der Waals surface area contributed by atoms with Crippen molar-refractivity contribution in [1.82, 2.24) is 4.98 Å². The van der Waals surface area contributed by atoms with Crippen molar-refractivity contribution >= 4 is 28.3 Å². The minimum Gasteiger partial charge on any atom is -0.481 e. The van der Waals surface area contributed by atoms with Crippen LogP contribution in [0.5, 0.6) is 5.75 Å². The van der Waals surface area contributed by atoms with E-state index in [1.165, 1.54) is 18.6 Å². The van der Waals surface area contributed by atoms with Crippen molar-refractivity contribution < 1.29 is 22.7 Å². The van der Waals surface area contributed by atoms with Gasteiger partial charge in [0.25, 0.3) is 5.91 Å². The highest BCUT2D eigenvalue weighted by Crippen LogP contribution is 2.31. The highest BCUT2D eigenvalue weighted by atomic mass is 19.4. The maximum absolute atomic E-state index is 12.9. The number of para-hydroxylation sites is 1. The highest BCUT2D eigenvalue weighted by Gasteiger charge is 2.30. The van der Waals surface area contributed by atoms with Crippen molar-refractivity contribution in [3.63, 3.8) is 0 Å². The van der Waals surface area contributed by atoms with Crippen LogP contribution >= 0.6 is 0 Å². The van der Waals surface area contributed by atoms with Crippen molar-refractivity contribution in [2.24, 2.45) is 0 Å². The fourth-order valence-corrected chi connectivity index (χ4v) is 4.23. The Balaban J connectivity index is 1.49. The summed E-state index contributed by atoms with van der Waals surface area (Å²) in [5.41, 5.74) is -0.107. The molecule has 1 fully saturated rings. The Morgan fingerprint density at radius 1 is 1.15 bits per heavy atom. The molecule has 1 aromatic heterocycles. The average Bonchev–Trinajstić information content (AvgIpc) is 2.82. The summed E-state index contributed by atoms with van der Waals surface area (Å²) in [6.45, 7) is 2.80. The molecule has 0 spiro atoms. The standard InChI is InChI=1S/C25H26F3N3O2/c1-2-20-10-3-4-14-31(20)22-13-12-17-7-5-11-21(24(17)30-22)33-16-23(32)29-19-9-6-8-18(15-19)25(26,27)28/h5-9,11-13,15,20H,2-4,10,14,16H2,1H3,(H,29,32). The van der Waals surface area contributed by atoms with E-state index in [1.54, 1.807) is 6.07 Å². The number of hydrogen-bond acceptors (Lipinski definition) is 4. The van der Waals surface area contributed by atoms with Crippen molar-refractivity contribution in [2.75, 3.05) is 23.4 Å². The van der Waals surface area contributed by atoms with Crippen molar-refractivity contribution in [2.45, 2.75) is 44.8 Å². The number of pyridine rings is 1. The molecule has 1 N–H and O–H groups in total. The fraction of sp³-hybridized carbons (Fsp3) is 0.360. The summed E-state index contributed by atoms with van der Waals surface area (Å²) in [6.07, 6.45) is 0.0639. The van der Waals surface area contributed by atoms with Crippen LogP contribution in [0.1, 0.15) is 38.2 Å². The molecule has 174 valence electrons. The third-order valence-corrected chi connectivity index (χ3v) is 5.89. The summed E-state index contributed by atoms with van der Waals surface area (Å²) in [6, 6.07) is 14.5. The first-order chi connectivity index (χ1) is 15.8. The summed E-state index contributed by atoms with van der Waals surface area (Å²) in [5.74, 6) is 0.793. The molecule has 1 atom stereocenters. The summed E-state index contributed by atoms with van der Waals surface area (Å²) in [5, 5.41) is 3.35. The van der Waals surface area contributed by atoms with Crippen molar-refractivity contribution in [3.8, 4) is 5.75 Å². The van der Waals surface area contributed by atoms with Crippen LogP contribution in [-0.2, 0) is 11.0 Å². The molecular weight excluding hydrogens is 431 g/mol. The van der Waals surface area contributed by atoms with Gasteiger partial charge in [0.2, 0.25) is 0 Å². The number of benzene rings is 2. The van der Waals surface area contributed by atoms with E-state index in [-0.39, 0.29) is 12.3 Å². The number of fused-ring (bicyclic) bond motifs is 1. The molecule has 0 aliphatic carbocycles. The number of carbonyl (C=O) groups is 1. The first-order valence-corrected chi connectivity index (χ1v) is 11.1. The van der Waals surface area contributed by atoms with Gasteiger partial charge in [0.05, 0.1) is 5.56 Å². The quantitative estimate of drug-likeness (QED) is 0.490. The van der Waals surface area contributed by atoms with Gasteiger partial charge < -0.3 is 15.0 Å². The molecule has 2 aromatic carbocycles. The molecule has 1 aliphatic heterocycles. The number of amides is 1. The summed E-state index contributed by atoms with van der Waals surface area (Å²) >= 11 is 0. The minimum atomic E-state index is -4.48. The topological polar surface area (TPSA) is 54.5 Å². The van der Waals surface area contributed by atoms with Gasteiger partial charge in [-0.15, -0.1) is 0 Å². The maximum Gasteiger partial charge on any atom is 0.416 e. The molecule has 3 aromatic rings. The van der Waals surface area contributed by atoms with Gasteiger partial charge in [-0.3, -0.25) is 4.79 Å². The van der Waals surface area contributed by atoms with Crippen LogP contribution in [0.3, 0.4) is 0 Å². The number of hydrogen-bond donors (Lipinski definition) is 1. The molecule has 5 nitrogen and oxygen atoms in total. The SMILES string of the molecule is CCC1CCCCN1c1ccc2cccc(OCC(=O)Nc3cccc(C(F)(F)F)c3)c2n1. The summed E-state index contributed by atoms with van der Waals surface area (Å²) in [7, 11) is 0. The zero-order valence-electron chi connectivity index (χ0n) is 18.4. The predicted octanol–water partition coefficient (Wildman–Crippen LogP) is 6.04. The van der Waals surface area contributed by atoms with Crippen LogP contribution in [-0.4, -0.2) is 30.1 Å². The van der Waals surface area contributed by atoms with Crippen LogP contribution in [0.15, 0.2) is 54.6 Å².